The van der Waals surface area contributed by atoms with Crippen LogP contribution in [0, 0.1) is 0 Å². The van der Waals surface area contributed by atoms with E-state index in [-0.39, 0.29) is 19.1 Å². The maximum absolute atomic E-state index is 12.6. The number of methoxy groups -OCH3 is 1. The minimum atomic E-state index is -0.880. The fourth-order valence-electron chi connectivity index (χ4n) is 2.92. The summed E-state index contributed by atoms with van der Waals surface area (Å²) in [5, 5.41) is 6.77. The van der Waals surface area contributed by atoms with Gasteiger partial charge in [-0.1, -0.05) is 12.1 Å². The highest BCUT2D eigenvalue weighted by Crippen LogP contribution is 2.27. The summed E-state index contributed by atoms with van der Waals surface area (Å²) in [7, 11) is 1.55. The Bertz CT molecular complexity index is 781. The molecule has 1 aromatic rings. The van der Waals surface area contributed by atoms with Gasteiger partial charge < -0.3 is 20.1 Å². The van der Waals surface area contributed by atoms with E-state index in [1.165, 1.54) is 5.01 Å². The van der Waals surface area contributed by atoms with Gasteiger partial charge in [0.2, 0.25) is 5.91 Å². The number of amides is 2. The first-order chi connectivity index (χ1) is 13.0. The van der Waals surface area contributed by atoms with E-state index < -0.39 is 24.0 Å². The van der Waals surface area contributed by atoms with Crippen LogP contribution >= 0.6 is 0 Å². The van der Waals surface area contributed by atoms with Crippen molar-refractivity contribution in [1.82, 2.24) is 26.6 Å². The Hall–Kier alpha value is -3.11. The van der Waals surface area contributed by atoms with Crippen LogP contribution in [0.5, 0.6) is 5.75 Å². The molecule has 0 radical (unpaired) electrons. The van der Waals surface area contributed by atoms with Gasteiger partial charge in [0.1, 0.15) is 18.3 Å². The predicted molar refractivity (Wildman–Crippen MR) is 94.4 cm³/mol. The monoisotopic (exact) mass is 375 g/mol. The molecule has 0 bridgehead atoms. The van der Waals surface area contributed by atoms with Gasteiger partial charge in [-0.05, 0) is 19.1 Å². The molecule has 2 amide bonds. The number of nitrogens with zero attached hydrogens (tertiary/aromatic N) is 1. The van der Waals surface area contributed by atoms with Gasteiger partial charge in [0.25, 0.3) is 5.91 Å². The largest absolute Gasteiger partial charge is 0.496 e. The molecule has 27 heavy (non-hydrogen) atoms. The zero-order valence-corrected chi connectivity index (χ0v) is 14.9. The Morgan fingerprint density at radius 1 is 1.30 bits per heavy atom. The van der Waals surface area contributed by atoms with Crippen molar-refractivity contribution < 1.29 is 23.9 Å². The van der Waals surface area contributed by atoms with Crippen LogP contribution in [0.1, 0.15) is 12.5 Å². The smallest absolute Gasteiger partial charge is 0.325 e. The molecule has 2 aliphatic rings. The molecule has 0 spiro atoms. The van der Waals surface area contributed by atoms with Crippen LogP contribution in [0.15, 0.2) is 30.5 Å². The van der Waals surface area contributed by atoms with Gasteiger partial charge in [-0.25, -0.2) is 5.43 Å². The second-order valence-electron chi connectivity index (χ2n) is 5.84. The Balaban J connectivity index is 1.73. The van der Waals surface area contributed by atoms with Crippen molar-refractivity contribution in [3.8, 4) is 5.75 Å². The summed E-state index contributed by atoms with van der Waals surface area (Å²) in [4.78, 5) is 36.4. The van der Waals surface area contributed by atoms with Crippen molar-refractivity contribution in [1.29, 1.82) is 0 Å². The first kappa shape index (κ1) is 18.7. The van der Waals surface area contributed by atoms with Gasteiger partial charge >= 0.3 is 5.97 Å². The summed E-state index contributed by atoms with van der Waals surface area (Å²) in [5.74, 6) is -0.793. The maximum atomic E-state index is 12.6. The summed E-state index contributed by atoms with van der Waals surface area (Å²) in [6.45, 7) is 1.65. The molecule has 1 saturated heterocycles. The third-order valence-electron chi connectivity index (χ3n) is 4.15. The molecule has 0 aliphatic carbocycles. The second kappa shape index (κ2) is 8.06. The average Bonchev–Trinajstić information content (AvgIpc) is 3.11. The molecule has 0 saturated carbocycles. The van der Waals surface area contributed by atoms with Gasteiger partial charge in [-0.2, -0.15) is 5.53 Å². The number of para-hydroxylation sites is 1. The topological polar surface area (TPSA) is 121 Å². The fraction of sp³-hybridized carbons (Fsp3) is 0.353. The molecule has 1 fully saturated rings. The van der Waals surface area contributed by atoms with Crippen LogP contribution < -0.4 is 26.3 Å². The van der Waals surface area contributed by atoms with Crippen LogP contribution in [0.2, 0.25) is 0 Å². The van der Waals surface area contributed by atoms with Crippen LogP contribution in [0.4, 0.5) is 0 Å². The van der Waals surface area contributed by atoms with E-state index in [4.69, 9.17) is 9.47 Å². The third kappa shape index (κ3) is 3.86. The number of fused-ring (bicyclic) bond motifs is 1. The highest BCUT2D eigenvalue weighted by Gasteiger charge is 2.45. The number of ether oxygens (including phenoxy) is 2. The number of carbonyl (C=O) groups is 3. The Morgan fingerprint density at radius 3 is 2.81 bits per heavy atom. The van der Waals surface area contributed by atoms with Gasteiger partial charge in [-0.15, -0.1) is 0 Å². The van der Waals surface area contributed by atoms with Crippen molar-refractivity contribution in [2.45, 2.75) is 19.0 Å². The number of carbonyl (C=O) groups excluding carboxylic acids is 3. The van der Waals surface area contributed by atoms with E-state index >= 15 is 0 Å². The molecule has 10 heteroatoms. The third-order valence-corrected chi connectivity index (χ3v) is 4.15. The van der Waals surface area contributed by atoms with Gasteiger partial charge in [0.15, 0.2) is 6.04 Å². The van der Waals surface area contributed by atoms with Crippen LogP contribution in [0.25, 0.3) is 5.70 Å². The second-order valence-corrected chi connectivity index (χ2v) is 5.84. The highest BCUT2D eigenvalue weighted by atomic mass is 16.5. The highest BCUT2D eigenvalue weighted by molar-refractivity contribution is 5.99. The van der Waals surface area contributed by atoms with Crippen LogP contribution in [-0.2, 0) is 19.1 Å². The number of nitrogens with one attached hydrogen (secondary N) is 4. The van der Waals surface area contributed by atoms with Crippen molar-refractivity contribution in [3.05, 3.63) is 36.0 Å². The molecule has 10 nitrogen and oxygen atoms in total. The molecular formula is C17H21N5O5. The Morgan fingerprint density at radius 2 is 2.07 bits per heavy atom. The lowest BCUT2D eigenvalue weighted by molar-refractivity contribution is -0.143. The number of rotatable bonds is 6. The van der Waals surface area contributed by atoms with E-state index in [1.807, 2.05) is 18.2 Å². The Kier molecular flexibility index (Phi) is 5.57. The summed E-state index contributed by atoms with van der Waals surface area (Å²) in [6, 6.07) is 5.57. The van der Waals surface area contributed by atoms with E-state index in [9.17, 15) is 14.4 Å². The summed E-state index contributed by atoms with van der Waals surface area (Å²) >= 11 is 0. The van der Waals surface area contributed by atoms with Crippen molar-refractivity contribution in [2.24, 2.45) is 0 Å². The molecule has 1 aromatic carbocycles. The van der Waals surface area contributed by atoms with Gasteiger partial charge in [0.05, 0.1) is 19.4 Å². The minimum absolute atomic E-state index is 0.229. The molecule has 2 aliphatic heterocycles. The van der Waals surface area contributed by atoms with E-state index in [0.717, 1.165) is 0 Å². The lowest BCUT2D eigenvalue weighted by Gasteiger charge is -2.29. The molecular weight excluding hydrogens is 354 g/mol. The molecule has 0 aromatic heterocycles. The van der Waals surface area contributed by atoms with E-state index in [2.05, 4.69) is 21.6 Å². The maximum Gasteiger partial charge on any atom is 0.325 e. The van der Waals surface area contributed by atoms with Gasteiger partial charge in [0, 0.05) is 11.8 Å². The number of hydrogen-bond acceptors (Lipinski definition) is 8. The van der Waals surface area contributed by atoms with Crippen molar-refractivity contribution in [3.63, 3.8) is 0 Å². The summed E-state index contributed by atoms with van der Waals surface area (Å²) in [5.41, 5.74) is 6.81. The Labute approximate surface area is 155 Å². The van der Waals surface area contributed by atoms with Crippen LogP contribution in [-0.4, -0.2) is 55.1 Å². The van der Waals surface area contributed by atoms with E-state index in [0.29, 0.717) is 17.0 Å². The average molecular weight is 375 g/mol. The number of esters is 1. The zero-order valence-electron chi connectivity index (χ0n) is 14.9. The van der Waals surface area contributed by atoms with E-state index in [1.54, 1.807) is 26.3 Å². The molecule has 3 rings (SSSR count). The lowest BCUT2D eigenvalue weighted by atomic mass is 10.0. The normalized spacial score (nSPS) is 21.0. The minimum Gasteiger partial charge on any atom is -0.496 e. The molecule has 2 heterocycles. The molecule has 2 unspecified atom stereocenters. The van der Waals surface area contributed by atoms with Crippen molar-refractivity contribution in [2.75, 3.05) is 20.3 Å². The summed E-state index contributed by atoms with van der Waals surface area (Å²) in [6.07, 6.45) is 1.68. The lowest BCUT2D eigenvalue weighted by Crippen LogP contribution is -2.55. The van der Waals surface area contributed by atoms with Crippen molar-refractivity contribution >= 4 is 23.5 Å². The predicted octanol–water partition coefficient (Wildman–Crippen LogP) is -1.14. The van der Waals surface area contributed by atoms with Crippen LogP contribution in [0.3, 0.4) is 0 Å². The van der Waals surface area contributed by atoms with Gasteiger partial charge in [-0.3, -0.25) is 19.4 Å². The fourth-order valence-corrected chi connectivity index (χ4v) is 2.92. The SMILES string of the molecule is CCOC(=O)CNC(=O)C1NNN2C=C(c3ccccc3OC)NC(=O)C12. The zero-order chi connectivity index (χ0) is 19.4. The standard InChI is InChI=1S/C17H21N5O5/c1-3-27-13(23)8-18-16(24)14-15-17(25)19-11(9-22(15)21-20-14)10-6-4-5-7-12(10)26-2/h4-7,9,14-15,20-21H,3,8H2,1-2H3,(H,18,24)(H,19,25). The molecule has 144 valence electrons. The number of hydrazine groups is 2. The molecule has 2 atom stereocenters. The summed E-state index contributed by atoms with van der Waals surface area (Å²) < 4.78 is 10.1. The first-order valence-electron chi connectivity index (χ1n) is 8.44. The molecule has 4 N–H and O–H groups in total. The number of benzene rings is 1. The first-order valence-corrected chi connectivity index (χ1v) is 8.44. The number of hydrogen-bond donors (Lipinski definition) is 4. The quantitative estimate of drug-likeness (QED) is 0.461.